The molecule has 1 aromatic rings. The molecular weight excluding hydrogens is 220 g/mol. The van der Waals surface area contributed by atoms with Gasteiger partial charge in [0.05, 0.1) is 6.54 Å². The van der Waals surface area contributed by atoms with Gasteiger partial charge in [0.25, 0.3) is 5.91 Å². The maximum absolute atomic E-state index is 11.5. The first-order valence-corrected chi connectivity index (χ1v) is 4.90. The molecule has 4 N–H and O–H groups in total. The monoisotopic (exact) mass is 232 g/mol. The molecule has 0 spiro atoms. The van der Waals surface area contributed by atoms with E-state index in [1.807, 2.05) is 0 Å². The molecule has 0 aliphatic heterocycles. The van der Waals surface area contributed by atoms with E-state index in [1.54, 1.807) is 24.3 Å². The Hall–Kier alpha value is -2.32. The van der Waals surface area contributed by atoms with Crippen LogP contribution in [0.2, 0.25) is 0 Å². The van der Waals surface area contributed by atoms with Crippen molar-refractivity contribution in [2.75, 3.05) is 13.2 Å². The van der Waals surface area contributed by atoms with E-state index in [4.69, 9.17) is 10.8 Å². The third-order valence-corrected chi connectivity index (χ3v) is 1.88. The topological polar surface area (TPSA) is 92.4 Å². The van der Waals surface area contributed by atoms with E-state index in [1.165, 1.54) is 0 Å². The Morgan fingerprint density at radius 2 is 1.94 bits per heavy atom. The smallest absolute Gasteiger partial charge is 0.251 e. The molecule has 0 unspecified atom stereocenters. The molecule has 17 heavy (non-hydrogen) atoms. The summed E-state index contributed by atoms with van der Waals surface area (Å²) in [6.45, 7) is -0.397. The van der Waals surface area contributed by atoms with Gasteiger partial charge >= 0.3 is 0 Å². The fourth-order valence-electron chi connectivity index (χ4n) is 1.12. The molecule has 2 amide bonds. The first-order chi connectivity index (χ1) is 8.13. The minimum Gasteiger partial charge on any atom is -0.384 e. The first-order valence-electron chi connectivity index (χ1n) is 4.90. The highest BCUT2D eigenvalue weighted by atomic mass is 16.2. The number of aliphatic hydroxyl groups excluding tert-OH is 1. The van der Waals surface area contributed by atoms with Crippen molar-refractivity contribution in [3.63, 3.8) is 0 Å². The zero-order valence-corrected chi connectivity index (χ0v) is 9.06. The number of nitrogens with one attached hydrogen (secondary N) is 1. The van der Waals surface area contributed by atoms with Gasteiger partial charge in [0.2, 0.25) is 5.91 Å². The van der Waals surface area contributed by atoms with Crippen molar-refractivity contribution < 1.29 is 14.7 Å². The van der Waals surface area contributed by atoms with E-state index in [-0.39, 0.29) is 19.1 Å². The van der Waals surface area contributed by atoms with Crippen LogP contribution in [0.5, 0.6) is 0 Å². The van der Waals surface area contributed by atoms with Crippen LogP contribution < -0.4 is 11.1 Å². The number of carbonyl (C=O) groups is 2. The second kappa shape index (κ2) is 6.30. The van der Waals surface area contributed by atoms with Crippen molar-refractivity contribution in [3.05, 3.63) is 35.4 Å². The van der Waals surface area contributed by atoms with Crippen LogP contribution in [0.3, 0.4) is 0 Å². The third-order valence-electron chi connectivity index (χ3n) is 1.88. The highest BCUT2D eigenvalue weighted by molar-refractivity contribution is 5.96. The lowest BCUT2D eigenvalue weighted by Crippen LogP contribution is -2.33. The molecule has 0 aliphatic carbocycles. The number of hydrogen-bond acceptors (Lipinski definition) is 3. The van der Waals surface area contributed by atoms with Gasteiger partial charge in [0.15, 0.2) is 0 Å². The molecule has 0 aromatic heterocycles. The van der Waals surface area contributed by atoms with Gasteiger partial charge in [-0.1, -0.05) is 11.8 Å². The number of rotatable bonds is 3. The largest absolute Gasteiger partial charge is 0.384 e. The van der Waals surface area contributed by atoms with Crippen LogP contribution in [0.4, 0.5) is 0 Å². The molecule has 0 radical (unpaired) electrons. The zero-order valence-electron chi connectivity index (χ0n) is 9.06. The summed E-state index contributed by atoms with van der Waals surface area (Å²) >= 11 is 0. The molecule has 1 rings (SSSR count). The molecule has 5 nitrogen and oxygen atoms in total. The number of amides is 2. The van der Waals surface area contributed by atoms with E-state index >= 15 is 0 Å². The molecule has 0 saturated carbocycles. The summed E-state index contributed by atoms with van der Waals surface area (Å²) in [5, 5.41) is 10.9. The second-order valence-electron chi connectivity index (χ2n) is 3.19. The molecule has 0 heterocycles. The Morgan fingerprint density at radius 3 is 2.47 bits per heavy atom. The van der Waals surface area contributed by atoms with Gasteiger partial charge in [-0.3, -0.25) is 9.59 Å². The quantitative estimate of drug-likeness (QED) is 0.598. The first kappa shape index (κ1) is 12.7. The summed E-state index contributed by atoms with van der Waals surface area (Å²) < 4.78 is 0. The SMILES string of the molecule is NC(=O)CNC(=O)c1ccc(C#CCO)cc1. The number of primary amides is 1. The molecule has 0 fully saturated rings. The van der Waals surface area contributed by atoms with Gasteiger partial charge in [-0.25, -0.2) is 0 Å². The van der Waals surface area contributed by atoms with Crippen molar-refractivity contribution in [1.82, 2.24) is 5.32 Å². The lowest BCUT2D eigenvalue weighted by Gasteiger charge is -2.02. The van der Waals surface area contributed by atoms with Crippen molar-refractivity contribution >= 4 is 11.8 Å². The standard InChI is InChI=1S/C12H12N2O3/c13-11(16)8-14-12(17)10-5-3-9(4-6-10)2-1-7-15/h3-6,15H,7-8H2,(H2,13,16)(H,14,17). The normalized spacial score (nSPS) is 9.00. The fraction of sp³-hybridized carbons (Fsp3) is 0.167. The predicted octanol–water partition coefficient (Wildman–Crippen LogP) is -0.754. The van der Waals surface area contributed by atoms with Crippen LogP contribution in [0, 0.1) is 11.8 Å². The maximum Gasteiger partial charge on any atom is 0.251 e. The summed E-state index contributed by atoms with van der Waals surface area (Å²) in [6.07, 6.45) is 0. The van der Waals surface area contributed by atoms with E-state index < -0.39 is 5.91 Å². The maximum atomic E-state index is 11.5. The summed E-state index contributed by atoms with van der Waals surface area (Å²) in [5.74, 6) is 4.24. The molecule has 5 heteroatoms. The average Bonchev–Trinajstić information content (AvgIpc) is 2.34. The Labute approximate surface area is 98.6 Å². The van der Waals surface area contributed by atoms with Crippen LogP contribution in [-0.2, 0) is 4.79 Å². The molecular formula is C12H12N2O3. The highest BCUT2D eigenvalue weighted by Gasteiger charge is 2.05. The van der Waals surface area contributed by atoms with Gasteiger partial charge in [-0.2, -0.15) is 0 Å². The highest BCUT2D eigenvalue weighted by Crippen LogP contribution is 2.02. The lowest BCUT2D eigenvalue weighted by atomic mass is 10.1. The Morgan fingerprint density at radius 1 is 1.29 bits per heavy atom. The van der Waals surface area contributed by atoms with Crippen molar-refractivity contribution in [2.45, 2.75) is 0 Å². The summed E-state index contributed by atoms with van der Waals surface area (Å²) in [5.41, 5.74) is 6.02. The number of aliphatic hydroxyl groups is 1. The van der Waals surface area contributed by atoms with Crippen LogP contribution >= 0.6 is 0 Å². The Bertz CT molecular complexity index is 469. The molecule has 1 aromatic carbocycles. The van der Waals surface area contributed by atoms with Gasteiger partial charge < -0.3 is 16.2 Å². The van der Waals surface area contributed by atoms with Gasteiger partial charge in [0, 0.05) is 11.1 Å². The average molecular weight is 232 g/mol. The van der Waals surface area contributed by atoms with E-state index in [0.717, 1.165) is 0 Å². The molecule has 88 valence electrons. The number of nitrogens with two attached hydrogens (primary N) is 1. The lowest BCUT2D eigenvalue weighted by molar-refractivity contribution is -0.117. The van der Waals surface area contributed by atoms with E-state index in [2.05, 4.69) is 17.2 Å². The van der Waals surface area contributed by atoms with Gasteiger partial charge in [-0.05, 0) is 24.3 Å². The Kier molecular flexibility index (Phi) is 4.73. The summed E-state index contributed by atoms with van der Waals surface area (Å²) in [6, 6.07) is 6.47. The number of carbonyl (C=O) groups excluding carboxylic acids is 2. The minimum absolute atomic E-state index is 0.190. The minimum atomic E-state index is -0.594. The van der Waals surface area contributed by atoms with Crippen LogP contribution in [0.1, 0.15) is 15.9 Å². The molecule has 0 aliphatic rings. The molecule has 0 saturated heterocycles. The van der Waals surface area contributed by atoms with Crippen LogP contribution in [0.25, 0.3) is 0 Å². The van der Waals surface area contributed by atoms with E-state index in [9.17, 15) is 9.59 Å². The number of hydrogen-bond donors (Lipinski definition) is 3. The molecule has 0 bridgehead atoms. The van der Waals surface area contributed by atoms with E-state index in [0.29, 0.717) is 11.1 Å². The van der Waals surface area contributed by atoms with Crippen molar-refractivity contribution in [1.29, 1.82) is 0 Å². The van der Waals surface area contributed by atoms with Gasteiger partial charge in [0.1, 0.15) is 6.61 Å². The molecule has 0 atom stereocenters. The zero-order chi connectivity index (χ0) is 12.7. The predicted molar refractivity (Wildman–Crippen MR) is 61.9 cm³/mol. The van der Waals surface area contributed by atoms with Crippen molar-refractivity contribution in [3.8, 4) is 11.8 Å². The number of benzene rings is 1. The van der Waals surface area contributed by atoms with Crippen LogP contribution in [0.15, 0.2) is 24.3 Å². The van der Waals surface area contributed by atoms with Gasteiger partial charge in [-0.15, -0.1) is 0 Å². The summed E-state index contributed by atoms with van der Waals surface area (Å²) in [7, 11) is 0. The van der Waals surface area contributed by atoms with Crippen LogP contribution in [-0.4, -0.2) is 30.1 Å². The third kappa shape index (κ3) is 4.36. The fourth-order valence-corrected chi connectivity index (χ4v) is 1.12. The second-order valence-corrected chi connectivity index (χ2v) is 3.19. The summed E-state index contributed by atoms with van der Waals surface area (Å²) in [4.78, 5) is 22.0. The Balaban J connectivity index is 2.67. The van der Waals surface area contributed by atoms with Crippen molar-refractivity contribution in [2.24, 2.45) is 5.73 Å².